The van der Waals surface area contributed by atoms with E-state index >= 15 is 0 Å². The predicted octanol–water partition coefficient (Wildman–Crippen LogP) is 4.89. The quantitative estimate of drug-likeness (QED) is 0.455. The Morgan fingerprint density at radius 2 is 2.53 bits per heavy atom. The van der Waals surface area contributed by atoms with Crippen LogP contribution in [0.2, 0.25) is 0 Å². The van der Waals surface area contributed by atoms with Crippen molar-refractivity contribution in [2.75, 3.05) is 0 Å². The third-order valence-corrected chi connectivity index (χ3v) is 3.20. The van der Waals surface area contributed by atoms with Crippen LogP contribution in [-0.4, -0.2) is 0 Å². The van der Waals surface area contributed by atoms with E-state index in [0.29, 0.717) is 11.8 Å². The third-order valence-electron chi connectivity index (χ3n) is 3.20. The molecule has 0 aromatic rings. The Morgan fingerprint density at radius 3 is 3.07 bits per heavy atom. The molecule has 0 amide bonds. The zero-order valence-electron chi connectivity index (χ0n) is 12.2. The smallest absolute Gasteiger partial charge is 0.0541 e. The molecule has 0 bridgehead atoms. The summed E-state index contributed by atoms with van der Waals surface area (Å²) in [5.41, 5.74) is 2.28. The van der Waals surface area contributed by atoms with Crippen LogP contribution < -0.4 is 0 Å². The molecule has 84 valence electrons. The Balaban J connectivity index is 2.45. The monoisotopic (exact) mass is 207 g/mol. The second-order valence-corrected chi connectivity index (χ2v) is 4.92. The first-order chi connectivity index (χ1) is 8.00. The second-order valence-electron chi connectivity index (χ2n) is 4.92. The van der Waals surface area contributed by atoms with Crippen LogP contribution in [-0.2, 0) is 0 Å². The summed E-state index contributed by atoms with van der Waals surface area (Å²) in [6.45, 7) is 6.58. The van der Waals surface area contributed by atoms with E-state index in [0.717, 1.165) is 18.4 Å². The minimum atomic E-state index is -0.0168. The van der Waals surface area contributed by atoms with Gasteiger partial charge in [-0.3, -0.25) is 0 Å². The van der Waals surface area contributed by atoms with Crippen LogP contribution in [0.5, 0.6) is 0 Å². The van der Waals surface area contributed by atoms with E-state index in [1.807, 2.05) is 6.08 Å². The average molecular weight is 207 g/mol. The van der Waals surface area contributed by atoms with Gasteiger partial charge in [0.05, 0.1) is 2.74 Å². The fourth-order valence-electron chi connectivity index (χ4n) is 2.06. The summed E-state index contributed by atoms with van der Waals surface area (Å²) >= 11 is 0. The van der Waals surface area contributed by atoms with Gasteiger partial charge in [-0.15, -0.1) is 0 Å². The normalized spacial score (nSPS) is 24.2. The van der Waals surface area contributed by atoms with Gasteiger partial charge in [-0.2, -0.15) is 0 Å². The Morgan fingerprint density at radius 1 is 1.73 bits per heavy atom. The summed E-state index contributed by atoms with van der Waals surface area (Å²) in [5.74, 6) is 1.33. The highest BCUT2D eigenvalue weighted by molar-refractivity contribution is 5.19. The molecule has 2 atom stereocenters. The molecule has 1 aliphatic carbocycles. The van der Waals surface area contributed by atoms with Gasteiger partial charge in [0.2, 0.25) is 0 Å². The summed E-state index contributed by atoms with van der Waals surface area (Å²) in [4.78, 5) is 0. The largest absolute Gasteiger partial charge is 0.0958 e. The molecule has 0 aliphatic heterocycles. The Bertz CT molecular complexity index is 329. The topological polar surface area (TPSA) is 0 Å². The van der Waals surface area contributed by atoms with Crippen molar-refractivity contribution in [2.45, 2.75) is 46.5 Å². The van der Waals surface area contributed by atoms with E-state index in [2.05, 4.69) is 32.9 Å². The minimum absolute atomic E-state index is 0.0168. The lowest BCUT2D eigenvalue weighted by molar-refractivity contribution is 0.377. The molecule has 0 nitrogen and oxygen atoms in total. The SMILES string of the molecule is [2H][13C]([2H])=C1C=C[C@@H]([C@@H](C)CCC=C(C)C)CC1. The Hall–Kier alpha value is -0.780. The van der Waals surface area contributed by atoms with Gasteiger partial charge >= 0.3 is 0 Å². The first-order valence-electron chi connectivity index (χ1n) is 6.98. The Kier molecular flexibility index (Phi) is 3.74. The first-order valence-corrected chi connectivity index (χ1v) is 5.98. The van der Waals surface area contributed by atoms with Crippen molar-refractivity contribution in [1.29, 1.82) is 0 Å². The highest BCUT2D eigenvalue weighted by Gasteiger charge is 2.16. The zero-order valence-corrected chi connectivity index (χ0v) is 10.2. The van der Waals surface area contributed by atoms with Crippen LogP contribution >= 0.6 is 0 Å². The molecule has 0 saturated heterocycles. The van der Waals surface area contributed by atoms with E-state index in [1.54, 1.807) is 0 Å². The molecule has 1 aliphatic rings. The van der Waals surface area contributed by atoms with Gasteiger partial charge in [0.15, 0.2) is 0 Å². The van der Waals surface area contributed by atoms with Crippen molar-refractivity contribution < 1.29 is 2.74 Å². The van der Waals surface area contributed by atoms with E-state index in [9.17, 15) is 0 Å². The fourth-order valence-corrected chi connectivity index (χ4v) is 2.06. The molecule has 0 N–H and O–H groups in total. The highest BCUT2D eigenvalue weighted by atomic mass is 14.2. The van der Waals surface area contributed by atoms with Crippen molar-refractivity contribution in [1.82, 2.24) is 0 Å². The van der Waals surface area contributed by atoms with Crippen molar-refractivity contribution in [3.05, 3.63) is 35.9 Å². The van der Waals surface area contributed by atoms with Crippen molar-refractivity contribution >= 4 is 0 Å². The van der Waals surface area contributed by atoms with Crippen LogP contribution in [0.25, 0.3) is 0 Å². The van der Waals surface area contributed by atoms with Crippen LogP contribution in [0.4, 0.5) is 0 Å². The predicted molar refractivity (Wildman–Crippen MR) is 68.8 cm³/mol. The lowest BCUT2D eigenvalue weighted by Crippen LogP contribution is -2.12. The molecule has 0 radical (unpaired) electrons. The zero-order chi connectivity index (χ0) is 12.8. The van der Waals surface area contributed by atoms with Crippen molar-refractivity contribution in [2.24, 2.45) is 11.8 Å². The molecule has 0 saturated carbocycles. The molecule has 0 aromatic carbocycles. The van der Waals surface area contributed by atoms with Gasteiger partial charge in [-0.05, 0) is 51.4 Å². The standard InChI is InChI=1S/C15H24/c1-12(2)6-5-7-14(4)15-10-8-13(3)9-11-15/h6,8,10,14-15H,3,5,7,9,11H2,1-2,4H3/t14-,15+/m0/s1/i3+1D2. The van der Waals surface area contributed by atoms with E-state index in [1.165, 1.54) is 18.4 Å². The molecule has 0 unspecified atom stereocenters. The lowest BCUT2D eigenvalue weighted by Gasteiger charge is -2.23. The summed E-state index contributed by atoms with van der Waals surface area (Å²) in [5, 5.41) is 0. The summed E-state index contributed by atoms with van der Waals surface area (Å²) in [6, 6.07) is 0. The van der Waals surface area contributed by atoms with E-state index in [-0.39, 0.29) is 6.53 Å². The average Bonchev–Trinajstić information content (AvgIpc) is 2.28. The maximum Gasteiger partial charge on any atom is 0.0541 e. The fraction of sp³-hybridized carbons (Fsp3) is 0.600. The molecule has 0 fully saturated rings. The maximum atomic E-state index is 7.29. The van der Waals surface area contributed by atoms with Crippen LogP contribution in [0, 0.1) is 11.8 Å². The lowest BCUT2D eigenvalue weighted by atomic mass is 9.82. The summed E-state index contributed by atoms with van der Waals surface area (Å²) in [7, 11) is 0. The minimum Gasteiger partial charge on any atom is -0.0958 e. The van der Waals surface area contributed by atoms with Crippen LogP contribution in [0.3, 0.4) is 0 Å². The van der Waals surface area contributed by atoms with Gasteiger partial charge in [-0.1, -0.05) is 42.8 Å². The van der Waals surface area contributed by atoms with Crippen LogP contribution in [0.15, 0.2) is 35.9 Å². The van der Waals surface area contributed by atoms with E-state index in [4.69, 9.17) is 2.74 Å². The Labute approximate surface area is 97.6 Å². The summed E-state index contributed by atoms with van der Waals surface area (Å²) in [6.07, 6.45) is 10.9. The molecule has 0 aromatic heterocycles. The van der Waals surface area contributed by atoms with Gasteiger partial charge in [0, 0.05) is 0 Å². The number of allylic oxidation sites excluding steroid dienone is 5. The van der Waals surface area contributed by atoms with Crippen LogP contribution in [0.1, 0.15) is 49.2 Å². The molecule has 0 heterocycles. The van der Waals surface area contributed by atoms with Gasteiger partial charge < -0.3 is 0 Å². The van der Waals surface area contributed by atoms with Crippen molar-refractivity contribution in [3.63, 3.8) is 0 Å². The summed E-state index contributed by atoms with van der Waals surface area (Å²) < 4.78 is 14.6. The molecule has 1 rings (SSSR count). The number of hydrogen-bond donors (Lipinski definition) is 0. The molecule has 15 heavy (non-hydrogen) atoms. The first kappa shape index (κ1) is 9.45. The molecule has 0 spiro atoms. The van der Waals surface area contributed by atoms with Gasteiger partial charge in [-0.25, -0.2) is 0 Å². The number of rotatable bonds is 4. The van der Waals surface area contributed by atoms with Crippen molar-refractivity contribution in [3.8, 4) is 0 Å². The van der Waals surface area contributed by atoms with E-state index < -0.39 is 0 Å². The van der Waals surface area contributed by atoms with Gasteiger partial charge in [0.1, 0.15) is 0 Å². The molecular formula is C15H24. The molecular weight excluding hydrogens is 181 g/mol. The molecule has 0 heteroatoms. The maximum absolute atomic E-state index is 7.29. The number of hydrogen-bond acceptors (Lipinski definition) is 0. The highest BCUT2D eigenvalue weighted by Crippen LogP contribution is 2.29. The second kappa shape index (κ2) is 5.95. The third kappa shape index (κ3) is 4.51. The van der Waals surface area contributed by atoms with Gasteiger partial charge in [0.25, 0.3) is 0 Å².